The minimum absolute atomic E-state index is 0.00202. The zero-order chi connectivity index (χ0) is 66.0. The summed E-state index contributed by atoms with van der Waals surface area (Å²) in [6.45, 7) is 8.77. The largest absolute Gasteiger partial charge is 0.493 e. The lowest BCUT2D eigenvalue weighted by Crippen LogP contribution is -2.51. The van der Waals surface area contributed by atoms with E-state index in [0.29, 0.717) is 11.0 Å². The maximum atomic E-state index is 14.0. The van der Waals surface area contributed by atoms with Crippen LogP contribution in [0.2, 0.25) is 0 Å². The van der Waals surface area contributed by atoms with Gasteiger partial charge in [0.2, 0.25) is 25.9 Å². The number of alkyl carbamates (subject to hydrolysis) is 2. The number of nitrogens with zero attached hydrogens (tertiary/aromatic N) is 7. The van der Waals surface area contributed by atoms with Gasteiger partial charge in [0.25, 0.3) is 5.91 Å². The van der Waals surface area contributed by atoms with Crippen molar-refractivity contribution in [2.24, 2.45) is 11.8 Å². The number of thiazole rings is 2. The number of sulfonamides is 2. The van der Waals surface area contributed by atoms with Crippen LogP contribution in [0.5, 0.6) is 5.88 Å². The number of ether oxygens (including phenoxy) is 3. The smallest absolute Gasteiger partial charge is 0.415 e. The molecule has 4 unspecified atom stereocenters. The Labute approximate surface area is 537 Å². The van der Waals surface area contributed by atoms with Crippen LogP contribution in [-0.4, -0.2) is 147 Å². The van der Waals surface area contributed by atoms with E-state index < -0.39 is 68.5 Å². The van der Waals surface area contributed by atoms with Gasteiger partial charge in [-0.05, 0) is 73.1 Å². The molecule has 27 nitrogen and oxygen atoms in total. The molecule has 31 heteroatoms. The van der Waals surface area contributed by atoms with Crippen LogP contribution in [0, 0.1) is 11.8 Å². The second kappa shape index (κ2) is 32.4. The van der Waals surface area contributed by atoms with Crippen molar-refractivity contribution in [1.82, 2.24) is 44.2 Å². The van der Waals surface area contributed by atoms with Gasteiger partial charge in [0, 0.05) is 63.0 Å². The zero-order valence-corrected chi connectivity index (χ0v) is 53.8. The van der Waals surface area contributed by atoms with Crippen molar-refractivity contribution in [1.29, 1.82) is 0 Å². The molecule has 4 amide bonds. The van der Waals surface area contributed by atoms with E-state index in [-0.39, 0.29) is 115 Å². The summed E-state index contributed by atoms with van der Waals surface area (Å²) in [5.41, 5.74) is 5.92. The van der Waals surface area contributed by atoms with E-state index >= 15 is 0 Å². The Balaban J connectivity index is 0.000000238. The summed E-state index contributed by atoms with van der Waals surface area (Å²) in [5.74, 6) is -1.03. The number of hydrogen-bond acceptors (Lipinski definition) is 23. The minimum atomic E-state index is -4.20. The number of aliphatic hydroxyl groups excluding tert-OH is 2. The van der Waals surface area contributed by atoms with Crippen LogP contribution < -0.4 is 21.3 Å². The molecular formula is C61H69N11O16S4. The number of rotatable bonds is 28. The third kappa shape index (κ3) is 19.8. The Morgan fingerprint density at radius 2 is 1.03 bits per heavy atom. The molecule has 0 aliphatic carbocycles. The van der Waals surface area contributed by atoms with Crippen molar-refractivity contribution >= 4 is 101 Å². The van der Waals surface area contributed by atoms with Crippen molar-refractivity contribution in [3.8, 4) is 5.88 Å². The fourth-order valence-electron chi connectivity index (χ4n) is 9.10. The van der Waals surface area contributed by atoms with Crippen LogP contribution in [0.15, 0.2) is 157 Å². The molecule has 0 bridgehead atoms. The second-order valence-electron chi connectivity index (χ2n) is 21.5. The van der Waals surface area contributed by atoms with Gasteiger partial charge < -0.3 is 49.0 Å². The number of hydrogen-bond donors (Lipinski definition) is 7. The van der Waals surface area contributed by atoms with Crippen molar-refractivity contribution in [3.63, 3.8) is 0 Å². The molecule has 0 saturated carbocycles. The fourth-order valence-corrected chi connectivity index (χ4v) is 13.4. The number of benzene rings is 4. The number of oxazole rings is 2. The highest BCUT2D eigenvalue weighted by Gasteiger charge is 2.34. The van der Waals surface area contributed by atoms with Crippen LogP contribution >= 0.6 is 22.7 Å². The van der Waals surface area contributed by atoms with E-state index in [9.17, 15) is 51.3 Å². The molecule has 0 radical (unpaired) electrons. The first-order chi connectivity index (χ1) is 44.0. The molecule has 9 rings (SSSR count). The quantitative estimate of drug-likeness (QED) is 0.0226. The number of aromatic nitrogens is 5. The number of anilines is 2. The number of nitrogens with one attached hydrogen (secondary N) is 4. The molecular weight excluding hydrogens is 1270 g/mol. The number of aliphatic hydroxyl groups is 2. The van der Waals surface area contributed by atoms with Crippen molar-refractivity contribution in [2.75, 3.05) is 43.4 Å². The average Bonchev–Trinajstić information content (AvgIpc) is 1.98. The molecule has 92 heavy (non-hydrogen) atoms. The van der Waals surface area contributed by atoms with Gasteiger partial charge in [-0.25, -0.2) is 41.5 Å². The third-order valence-corrected chi connectivity index (χ3v) is 18.6. The predicted octanol–water partition coefficient (Wildman–Crippen LogP) is 8.58. The minimum Gasteiger partial charge on any atom is -0.493 e. The second-order valence-corrected chi connectivity index (χ2v) is 27.4. The van der Waals surface area contributed by atoms with E-state index in [2.05, 4.69) is 46.2 Å². The molecule has 488 valence electrons. The van der Waals surface area contributed by atoms with Crippen LogP contribution in [0.1, 0.15) is 65.9 Å². The van der Waals surface area contributed by atoms with Gasteiger partial charge in [-0.2, -0.15) is 18.6 Å². The van der Waals surface area contributed by atoms with Crippen molar-refractivity contribution < 1.29 is 74.4 Å². The first-order valence-corrected chi connectivity index (χ1v) is 33.4. The molecule has 0 spiro atoms. The van der Waals surface area contributed by atoms with Gasteiger partial charge >= 0.3 is 30.3 Å². The standard InChI is InChI=1S/C32H34N6O8S2.C29H35N5O8S2/c1-20(2)16-38(17-27(39)26(12-21-6-4-3-5-7-21)36-32(42)45-18-23-15-33-19-47-23)48(43,44)24-9-10-25-28(13-24)46-31(35-25)37-30(41)22-8-11-29(40)34-14-22;1-4-40-29(37)33-27-31-23-11-10-22(13-26(23)42-27)44(38,39)34(15-19(2)3)16-25(35)24(12-20-8-6-5-7-9-20)32-28(36)41-17-21-14-30-18-43-21/h3-11,13-15,19-20,26-27,39H,12,16-18H2,1-2H3,(H,34,40)(H,36,42)(H,35,37,41);5-11,13-14,18-19,24-25,35H,4,12,15-17H2,1-3H3,(H,32,36)(H,31,33,37). The van der Waals surface area contributed by atoms with E-state index in [1.807, 2.05) is 88.4 Å². The number of pyridine rings is 1. The van der Waals surface area contributed by atoms with Gasteiger partial charge in [0.05, 0.1) is 67.0 Å². The van der Waals surface area contributed by atoms with E-state index in [1.54, 1.807) is 30.3 Å². The van der Waals surface area contributed by atoms with Gasteiger partial charge in [0.15, 0.2) is 11.2 Å². The molecule has 0 fully saturated rings. The topological polar surface area (TPSA) is 370 Å². The van der Waals surface area contributed by atoms with E-state index in [0.717, 1.165) is 20.9 Å². The molecule has 9 aromatic rings. The fraction of sp³-hybridized carbons (Fsp3) is 0.328. The summed E-state index contributed by atoms with van der Waals surface area (Å²) >= 11 is 2.67. The molecule has 0 aliphatic heterocycles. The first kappa shape index (κ1) is 68.9. The monoisotopic (exact) mass is 1340 g/mol. The Hall–Kier alpha value is -8.95. The number of carbonyl (C=O) groups is 4. The third-order valence-electron chi connectivity index (χ3n) is 13.4. The van der Waals surface area contributed by atoms with Crippen LogP contribution in [0.4, 0.5) is 26.4 Å². The molecule has 5 heterocycles. The highest BCUT2D eigenvalue weighted by atomic mass is 32.2. The summed E-state index contributed by atoms with van der Waals surface area (Å²) in [6.07, 6.45) is -0.0750. The molecule has 4 aromatic carbocycles. The van der Waals surface area contributed by atoms with Crippen LogP contribution in [-0.2, 0) is 60.3 Å². The lowest BCUT2D eigenvalue weighted by Gasteiger charge is -2.30. The highest BCUT2D eigenvalue weighted by molar-refractivity contribution is 7.89. The SMILES string of the molecule is CC(C)CN(CC(O)C(Cc1ccccc1)NC(=O)OCc1cncs1)S(=O)(=O)c1ccc2nc(NC(=O)c3ccc(O)nc3)oc2c1.CCOC(=O)Nc1nc2ccc(S(=O)(=O)N(CC(C)C)CC(O)C(Cc3ccccc3)NC(=O)OCc3cncs3)cc2o1. The number of amides is 4. The van der Waals surface area contributed by atoms with Crippen molar-refractivity contribution in [2.45, 2.75) is 94.8 Å². The number of carbonyl (C=O) groups excluding carboxylic acids is 4. The molecule has 0 saturated heterocycles. The molecule has 7 N–H and O–H groups in total. The molecule has 4 atom stereocenters. The van der Waals surface area contributed by atoms with Crippen molar-refractivity contribution in [3.05, 3.63) is 165 Å². The Morgan fingerprint density at radius 3 is 1.43 bits per heavy atom. The summed E-state index contributed by atoms with van der Waals surface area (Å²) in [4.78, 5) is 71.0. The Kier molecular flexibility index (Phi) is 24.3. The van der Waals surface area contributed by atoms with Crippen LogP contribution in [0.3, 0.4) is 0 Å². The maximum Gasteiger partial charge on any atom is 0.415 e. The van der Waals surface area contributed by atoms with Gasteiger partial charge in [0.1, 0.15) is 24.2 Å². The average molecular weight is 1340 g/mol. The van der Waals surface area contributed by atoms with E-state index in [4.69, 9.17) is 23.0 Å². The predicted molar refractivity (Wildman–Crippen MR) is 340 cm³/mol. The lowest BCUT2D eigenvalue weighted by molar-refractivity contribution is 0.0875. The first-order valence-electron chi connectivity index (χ1n) is 28.8. The maximum absolute atomic E-state index is 14.0. The lowest BCUT2D eigenvalue weighted by atomic mass is 10.0. The number of fused-ring (bicyclic) bond motifs is 2. The van der Waals surface area contributed by atoms with Gasteiger partial charge in [-0.15, -0.1) is 22.7 Å². The molecule has 0 aliphatic rings. The zero-order valence-electron chi connectivity index (χ0n) is 50.5. The van der Waals surface area contributed by atoms with Gasteiger partial charge in [-0.3, -0.25) is 20.1 Å². The summed E-state index contributed by atoms with van der Waals surface area (Å²) in [7, 11) is -8.36. The summed E-state index contributed by atoms with van der Waals surface area (Å²) in [5, 5.41) is 42.5. The molecule has 5 aromatic heterocycles. The Morgan fingerprint density at radius 1 is 0.576 bits per heavy atom. The highest BCUT2D eigenvalue weighted by Crippen LogP contribution is 2.29. The summed E-state index contributed by atoms with van der Waals surface area (Å²) < 4.78 is 84.9. The van der Waals surface area contributed by atoms with Crippen LogP contribution in [0.25, 0.3) is 22.2 Å². The van der Waals surface area contributed by atoms with Gasteiger partial charge in [-0.1, -0.05) is 88.4 Å². The number of aromatic hydroxyl groups is 1. The van der Waals surface area contributed by atoms with E-state index in [1.165, 1.54) is 86.0 Å². The normalized spacial score (nSPS) is 13.1. The Bertz CT molecular complexity index is 4090. The summed E-state index contributed by atoms with van der Waals surface area (Å²) in [6, 6.07) is 27.3.